The third-order valence-electron chi connectivity index (χ3n) is 7.28. The fraction of sp³-hybridized carbons (Fsp3) is 0.344. The first-order chi connectivity index (χ1) is 19.0. The molecule has 3 aromatic carbocycles. The van der Waals surface area contributed by atoms with E-state index in [1.165, 1.54) is 16.8 Å². The molecule has 4 aromatic rings. The molecular formula is C32H37N3O3S. The molecule has 0 radical (unpaired) electrons. The number of nitrogens with zero attached hydrogens (tertiary/aromatic N) is 3. The van der Waals surface area contributed by atoms with Crippen molar-refractivity contribution < 1.29 is 13.9 Å². The number of hydrogen-bond donors (Lipinski definition) is 0. The Bertz CT molecular complexity index is 1400. The van der Waals surface area contributed by atoms with Crippen LogP contribution < -0.4 is 4.90 Å². The van der Waals surface area contributed by atoms with Crippen molar-refractivity contribution >= 4 is 34.6 Å². The molecule has 0 spiro atoms. The number of likely N-dealkylation sites (N-methyl/N-ethyl adjacent to an activating group) is 1. The molecule has 0 amide bonds. The molecule has 1 aromatic heterocycles. The summed E-state index contributed by atoms with van der Waals surface area (Å²) in [6.07, 6.45) is 0.963. The van der Waals surface area contributed by atoms with Gasteiger partial charge in [-0.2, -0.15) is 0 Å². The van der Waals surface area contributed by atoms with Gasteiger partial charge in [-0.25, -0.2) is 9.10 Å². The number of rotatable bonds is 10. The predicted molar refractivity (Wildman–Crippen MR) is 159 cm³/mol. The van der Waals surface area contributed by atoms with E-state index in [2.05, 4.69) is 87.9 Å². The first-order valence-corrected chi connectivity index (χ1v) is 14.5. The Morgan fingerprint density at radius 3 is 2.51 bits per heavy atom. The van der Waals surface area contributed by atoms with Crippen molar-refractivity contribution in [1.29, 1.82) is 0 Å². The van der Waals surface area contributed by atoms with Crippen LogP contribution in [0.4, 0.5) is 5.69 Å². The Morgan fingerprint density at radius 2 is 1.74 bits per heavy atom. The van der Waals surface area contributed by atoms with Gasteiger partial charge in [-0.3, -0.25) is 0 Å². The summed E-state index contributed by atoms with van der Waals surface area (Å²) in [6.45, 7) is 10.0. The van der Waals surface area contributed by atoms with E-state index in [1.54, 1.807) is 18.9 Å². The van der Waals surface area contributed by atoms with Crippen LogP contribution in [0.25, 0.3) is 11.0 Å². The molecule has 0 unspecified atom stereocenters. The maximum atomic E-state index is 12.4. The van der Waals surface area contributed by atoms with E-state index >= 15 is 0 Å². The number of fused-ring (bicyclic) bond motifs is 1. The minimum atomic E-state index is -0.412. The summed E-state index contributed by atoms with van der Waals surface area (Å²) in [5.41, 5.74) is 5.53. The summed E-state index contributed by atoms with van der Waals surface area (Å²) in [4.78, 5) is 18.4. The molecule has 0 bridgehead atoms. The third kappa shape index (κ3) is 6.67. The normalized spacial score (nSPS) is 14.3. The van der Waals surface area contributed by atoms with Crippen LogP contribution in [-0.4, -0.2) is 61.6 Å². The monoisotopic (exact) mass is 543 g/mol. The standard InChI is InChI=1S/C32H37N3O3S/c1-4-37-32(36)31-24(2)28-22-27(14-15-30(28)38-31)39-35(17-16-25-10-6-5-7-11-25)23-26-12-8-9-13-29(26)34-20-18-33(3)19-21-34/h5-15,22H,4,16-21,23H2,1-3H3. The molecule has 6 nitrogen and oxygen atoms in total. The van der Waals surface area contributed by atoms with Gasteiger partial charge in [-0.05, 0) is 74.7 Å². The topological polar surface area (TPSA) is 49.2 Å². The maximum absolute atomic E-state index is 12.4. The average molecular weight is 544 g/mol. The van der Waals surface area contributed by atoms with E-state index in [9.17, 15) is 4.79 Å². The molecule has 39 heavy (non-hydrogen) atoms. The molecule has 1 fully saturated rings. The van der Waals surface area contributed by atoms with Gasteiger partial charge >= 0.3 is 5.97 Å². The number of carbonyl (C=O) groups is 1. The van der Waals surface area contributed by atoms with Gasteiger partial charge in [0.2, 0.25) is 5.76 Å². The second kappa shape index (κ2) is 12.7. The van der Waals surface area contributed by atoms with Crippen molar-refractivity contribution in [2.75, 3.05) is 51.3 Å². The number of furan rings is 1. The second-order valence-electron chi connectivity index (χ2n) is 10.0. The molecule has 0 saturated carbocycles. The summed E-state index contributed by atoms with van der Waals surface area (Å²) >= 11 is 1.76. The first kappa shape index (κ1) is 27.3. The Morgan fingerprint density at radius 1 is 1.00 bits per heavy atom. The third-order valence-corrected chi connectivity index (χ3v) is 8.31. The molecule has 1 saturated heterocycles. The number of esters is 1. The zero-order valence-electron chi connectivity index (χ0n) is 23.1. The molecule has 5 rings (SSSR count). The highest BCUT2D eigenvalue weighted by Crippen LogP contribution is 2.33. The van der Waals surface area contributed by atoms with Crippen molar-refractivity contribution in [1.82, 2.24) is 9.21 Å². The van der Waals surface area contributed by atoms with Crippen LogP contribution in [-0.2, 0) is 17.7 Å². The van der Waals surface area contributed by atoms with Gasteiger partial charge in [0.1, 0.15) is 5.58 Å². The summed E-state index contributed by atoms with van der Waals surface area (Å²) < 4.78 is 13.5. The molecule has 1 aliphatic heterocycles. The van der Waals surface area contributed by atoms with Crippen LogP contribution in [0.3, 0.4) is 0 Å². The first-order valence-electron chi connectivity index (χ1n) is 13.7. The zero-order valence-corrected chi connectivity index (χ0v) is 23.9. The second-order valence-corrected chi connectivity index (χ2v) is 11.2. The number of carbonyl (C=O) groups excluding carboxylic acids is 1. The molecular weight excluding hydrogens is 506 g/mol. The number of aryl methyl sites for hydroxylation is 1. The molecule has 204 valence electrons. The maximum Gasteiger partial charge on any atom is 0.374 e. The lowest BCUT2D eigenvalue weighted by atomic mass is 10.1. The minimum absolute atomic E-state index is 0.288. The number of piperazine rings is 1. The predicted octanol–water partition coefficient (Wildman–Crippen LogP) is 6.42. The van der Waals surface area contributed by atoms with Gasteiger partial charge < -0.3 is 19.0 Å². The SMILES string of the molecule is CCOC(=O)c1oc2ccc(SN(CCc3ccccc3)Cc3ccccc3N3CCN(C)CC3)cc2c1C. The molecule has 2 heterocycles. The van der Waals surface area contributed by atoms with Crippen LogP contribution in [0.1, 0.15) is 34.2 Å². The van der Waals surface area contributed by atoms with Gasteiger partial charge in [0.05, 0.1) is 6.61 Å². The number of ether oxygens (including phenoxy) is 1. The van der Waals surface area contributed by atoms with Gasteiger partial charge in [-0.1, -0.05) is 48.5 Å². The highest BCUT2D eigenvalue weighted by Gasteiger charge is 2.21. The van der Waals surface area contributed by atoms with E-state index < -0.39 is 5.97 Å². The molecule has 0 atom stereocenters. The average Bonchev–Trinajstić information content (AvgIpc) is 3.29. The fourth-order valence-corrected chi connectivity index (χ4v) is 6.03. The molecule has 0 aliphatic carbocycles. The summed E-state index contributed by atoms with van der Waals surface area (Å²) in [5, 5.41) is 0.948. The fourth-order valence-electron chi connectivity index (χ4n) is 5.04. The minimum Gasteiger partial charge on any atom is -0.460 e. The van der Waals surface area contributed by atoms with Gasteiger partial charge in [-0.15, -0.1) is 0 Å². The lowest BCUT2D eigenvalue weighted by Gasteiger charge is -2.35. The molecule has 0 N–H and O–H groups in total. The largest absolute Gasteiger partial charge is 0.460 e. The number of benzene rings is 3. The lowest BCUT2D eigenvalue weighted by Crippen LogP contribution is -2.44. The quantitative estimate of drug-likeness (QED) is 0.169. The van der Waals surface area contributed by atoms with E-state index in [0.717, 1.165) is 61.5 Å². The summed E-state index contributed by atoms with van der Waals surface area (Å²) in [7, 11) is 2.19. The number of hydrogen-bond acceptors (Lipinski definition) is 7. The molecule has 7 heteroatoms. The summed E-state index contributed by atoms with van der Waals surface area (Å²) in [5.74, 6) is -0.124. The Kier molecular flexibility index (Phi) is 8.91. The van der Waals surface area contributed by atoms with Crippen LogP contribution in [0.5, 0.6) is 0 Å². The van der Waals surface area contributed by atoms with Crippen LogP contribution in [0, 0.1) is 6.92 Å². The van der Waals surface area contributed by atoms with Gasteiger partial charge in [0.25, 0.3) is 0 Å². The smallest absolute Gasteiger partial charge is 0.374 e. The van der Waals surface area contributed by atoms with Crippen molar-refractivity contribution in [2.24, 2.45) is 0 Å². The van der Waals surface area contributed by atoms with E-state index in [4.69, 9.17) is 9.15 Å². The van der Waals surface area contributed by atoms with Crippen molar-refractivity contribution in [3.05, 3.63) is 95.2 Å². The van der Waals surface area contributed by atoms with Gasteiger partial charge in [0.15, 0.2) is 0 Å². The highest BCUT2D eigenvalue weighted by atomic mass is 32.2. The van der Waals surface area contributed by atoms with Crippen molar-refractivity contribution in [2.45, 2.75) is 31.7 Å². The molecule has 1 aliphatic rings. The van der Waals surface area contributed by atoms with Crippen LogP contribution in [0.2, 0.25) is 0 Å². The van der Waals surface area contributed by atoms with E-state index in [1.807, 2.05) is 13.0 Å². The summed E-state index contributed by atoms with van der Waals surface area (Å²) in [6, 6.07) is 25.6. The number of para-hydroxylation sites is 1. The lowest BCUT2D eigenvalue weighted by molar-refractivity contribution is 0.0491. The Hall–Kier alpha value is -3.26. The van der Waals surface area contributed by atoms with E-state index in [0.29, 0.717) is 12.2 Å². The van der Waals surface area contributed by atoms with Crippen LogP contribution in [0.15, 0.2) is 82.1 Å². The Balaban J connectivity index is 1.40. The van der Waals surface area contributed by atoms with Gasteiger partial charge in [0, 0.05) is 60.8 Å². The zero-order chi connectivity index (χ0) is 27.2. The van der Waals surface area contributed by atoms with Crippen molar-refractivity contribution in [3.63, 3.8) is 0 Å². The van der Waals surface area contributed by atoms with E-state index in [-0.39, 0.29) is 5.76 Å². The number of anilines is 1. The highest BCUT2D eigenvalue weighted by molar-refractivity contribution is 7.97. The van der Waals surface area contributed by atoms with Crippen molar-refractivity contribution in [3.8, 4) is 0 Å². The van der Waals surface area contributed by atoms with Crippen LogP contribution >= 0.6 is 11.9 Å². The Labute approximate surface area is 235 Å².